The maximum absolute atomic E-state index is 4.33. The van der Waals surface area contributed by atoms with E-state index >= 15 is 0 Å². The minimum absolute atomic E-state index is 0.642. The summed E-state index contributed by atoms with van der Waals surface area (Å²) in [7, 11) is 0. The van der Waals surface area contributed by atoms with Crippen molar-refractivity contribution < 1.29 is 0 Å². The fraction of sp³-hybridized carbons (Fsp3) is 0.700. The molecule has 0 radical (unpaired) electrons. The van der Waals surface area contributed by atoms with Gasteiger partial charge in [0.05, 0.1) is 17.7 Å². The van der Waals surface area contributed by atoms with Crippen molar-refractivity contribution in [1.82, 2.24) is 14.5 Å². The Morgan fingerprint density at radius 3 is 2.85 bits per heavy atom. The molecular weight excluding hydrogens is 162 g/mol. The van der Waals surface area contributed by atoms with Crippen LogP contribution in [-0.2, 0) is 13.1 Å². The van der Waals surface area contributed by atoms with E-state index in [1.54, 1.807) is 0 Å². The molecule has 13 heavy (non-hydrogen) atoms. The molecule has 0 atom stereocenters. The minimum Gasteiger partial charge on any atom is -0.332 e. The number of hydrogen-bond donors (Lipinski definition) is 0. The van der Waals surface area contributed by atoms with Crippen LogP contribution in [0.2, 0.25) is 0 Å². The third kappa shape index (κ3) is 1.48. The van der Waals surface area contributed by atoms with Gasteiger partial charge in [-0.15, -0.1) is 0 Å². The third-order valence-electron chi connectivity index (χ3n) is 2.87. The molecule has 1 aliphatic rings. The average molecular weight is 179 g/mol. The van der Waals surface area contributed by atoms with Gasteiger partial charge in [-0.2, -0.15) is 0 Å². The van der Waals surface area contributed by atoms with Crippen LogP contribution in [0.25, 0.3) is 0 Å². The highest BCUT2D eigenvalue weighted by molar-refractivity contribution is 5.12. The molecule has 0 N–H and O–H groups in total. The van der Waals surface area contributed by atoms with E-state index in [9.17, 15) is 0 Å². The predicted molar refractivity (Wildman–Crippen MR) is 52.5 cm³/mol. The lowest BCUT2D eigenvalue weighted by Crippen LogP contribution is -2.38. The van der Waals surface area contributed by atoms with Gasteiger partial charge < -0.3 is 4.57 Å². The van der Waals surface area contributed by atoms with E-state index in [-0.39, 0.29) is 0 Å². The molecule has 72 valence electrons. The molecule has 0 aliphatic carbocycles. The Bertz CT molecular complexity index is 301. The zero-order chi connectivity index (χ0) is 9.42. The predicted octanol–water partition coefficient (Wildman–Crippen LogP) is 1.42. The molecule has 0 saturated carbocycles. The third-order valence-corrected chi connectivity index (χ3v) is 2.87. The second-order valence-corrected chi connectivity index (χ2v) is 4.03. The van der Waals surface area contributed by atoms with Crippen molar-refractivity contribution in [2.24, 2.45) is 0 Å². The van der Waals surface area contributed by atoms with Crippen molar-refractivity contribution >= 4 is 0 Å². The summed E-state index contributed by atoms with van der Waals surface area (Å²) in [5.74, 6) is 0. The summed E-state index contributed by atoms with van der Waals surface area (Å²) in [6.45, 7) is 9.90. The summed E-state index contributed by atoms with van der Waals surface area (Å²) < 4.78 is 2.27. The summed E-state index contributed by atoms with van der Waals surface area (Å²) in [5.41, 5.74) is 2.57. The fourth-order valence-corrected chi connectivity index (χ4v) is 1.85. The van der Waals surface area contributed by atoms with Gasteiger partial charge in [-0.05, 0) is 20.8 Å². The lowest BCUT2D eigenvalue weighted by molar-refractivity contribution is 0.176. The van der Waals surface area contributed by atoms with Gasteiger partial charge in [0.2, 0.25) is 0 Å². The maximum atomic E-state index is 4.33. The molecule has 0 spiro atoms. The Labute approximate surface area is 79.4 Å². The second-order valence-electron chi connectivity index (χ2n) is 4.03. The number of hydrogen-bond acceptors (Lipinski definition) is 2. The standard InChI is InChI=1S/C10H17N3/c1-8(2)12-4-5-13-7-11-9(3)10(13)6-12/h7-8H,4-6H2,1-3H3. The van der Waals surface area contributed by atoms with Crippen LogP contribution in [0.4, 0.5) is 0 Å². The number of aromatic nitrogens is 2. The highest BCUT2D eigenvalue weighted by atomic mass is 15.2. The van der Waals surface area contributed by atoms with Crippen molar-refractivity contribution in [3.63, 3.8) is 0 Å². The van der Waals surface area contributed by atoms with Gasteiger partial charge in [0, 0.05) is 25.7 Å². The molecular formula is C10H17N3. The summed E-state index contributed by atoms with van der Waals surface area (Å²) in [5, 5.41) is 0. The lowest BCUT2D eigenvalue weighted by atomic mass is 10.2. The first-order valence-corrected chi connectivity index (χ1v) is 4.93. The SMILES string of the molecule is Cc1ncn2c1CN(C(C)C)CC2. The van der Waals surface area contributed by atoms with Crippen LogP contribution in [0.1, 0.15) is 25.2 Å². The summed E-state index contributed by atoms with van der Waals surface area (Å²) >= 11 is 0. The van der Waals surface area contributed by atoms with Crippen LogP contribution in [0.5, 0.6) is 0 Å². The molecule has 0 fully saturated rings. The van der Waals surface area contributed by atoms with Crippen LogP contribution in [0.3, 0.4) is 0 Å². The van der Waals surface area contributed by atoms with Crippen molar-refractivity contribution in [1.29, 1.82) is 0 Å². The Hall–Kier alpha value is -0.830. The number of nitrogens with zero attached hydrogens (tertiary/aromatic N) is 3. The van der Waals surface area contributed by atoms with Crippen LogP contribution in [-0.4, -0.2) is 27.0 Å². The lowest BCUT2D eigenvalue weighted by Gasteiger charge is -2.31. The zero-order valence-corrected chi connectivity index (χ0v) is 8.62. The smallest absolute Gasteiger partial charge is 0.0952 e. The van der Waals surface area contributed by atoms with E-state index in [0.29, 0.717) is 6.04 Å². The van der Waals surface area contributed by atoms with Crippen LogP contribution >= 0.6 is 0 Å². The Balaban J connectivity index is 2.22. The molecule has 1 aliphatic heterocycles. The molecule has 2 rings (SSSR count). The number of rotatable bonds is 1. The molecule has 0 bridgehead atoms. The summed E-state index contributed by atoms with van der Waals surface area (Å²) in [6.07, 6.45) is 1.96. The fourth-order valence-electron chi connectivity index (χ4n) is 1.85. The first-order valence-electron chi connectivity index (χ1n) is 4.93. The first kappa shape index (κ1) is 8.75. The molecule has 2 heterocycles. The maximum Gasteiger partial charge on any atom is 0.0952 e. The molecule has 0 amide bonds. The van der Waals surface area contributed by atoms with Crippen molar-refractivity contribution in [2.75, 3.05) is 6.54 Å². The summed E-state index contributed by atoms with van der Waals surface area (Å²) in [6, 6.07) is 0.642. The highest BCUT2D eigenvalue weighted by Crippen LogP contribution is 2.16. The van der Waals surface area contributed by atoms with E-state index in [0.717, 1.165) is 19.6 Å². The molecule has 1 aromatic heterocycles. The monoisotopic (exact) mass is 179 g/mol. The van der Waals surface area contributed by atoms with Gasteiger partial charge in [0.25, 0.3) is 0 Å². The van der Waals surface area contributed by atoms with E-state index in [4.69, 9.17) is 0 Å². The molecule has 0 aromatic carbocycles. The largest absolute Gasteiger partial charge is 0.332 e. The normalized spacial score (nSPS) is 17.8. The summed E-state index contributed by atoms with van der Waals surface area (Å²) in [4.78, 5) is 6.82. The minimum atomic E-state index is 0.642. The van der Waals surface area contributed by atoms with Gasteiger partial charge in [-0.25, -0.2) is 4.98 Å². The van der Waals surface area contributed by atoms with Gasteiger partial charge in [-0.1, -0.05) is 0 Å². The molecule has 3 nitrogen and oxygen atoms in total. The molecule has 1 aromatic rings. The highest BCUT2D eigenvalue weighted by Gasteiger charge is 2.19. The Morgan fingerprint density at radius 2 is 2.15 bits per heavy atom. The van der Waals surface area contributed by atoms with Crippen LogP contribution in [0, 0.1) is 6.92 Å². The zero-order valence-electron chi connectivity index (χ0n) is 8.62. The Kier molecular flexibility index (Phi) is 2.12. The molecule has 0 unspecified atom stereocenters. The van der Waals surface area contributed by atoms with Gasteiger partial charge in [-0.3, -0.25) is 4.90 Å². The van der Waals surface area contributed by atoms with Gasteiger partial charge in [0.1, 0.15) is 0 Å². The van der Waals surface area contributed by atoms with Crippen molar-refractivity contribution in [3.8, 4) is 0 Å². The first-order chi connectivity index (χ1) is 6.18. The Morgan fingerprint density at radius 1 is 1.38 bits per heavy atom. The molecule has 3 heteroatoms. The van der Waals surface area contributed by atoms with E-state index in [1.165, 1.54) is 11.4 Å². The van der Waals surface area contributed by atoms with Crippen LogP contribution in [0.15, 0.2) is 6.33 Å². The number of aryl methyl sites for hydroxylation is 1. The quantitative estimate of drug-likeness (QED) is 0.650. The van der Waals surface area contributed by atoms with E-state index in [1.807, 2.05) is 6.33 Å². The number of fused-ring (bicyclic) bond motifs is 1. The number of imidazole rings is 1. The van der Waals surface area contributed by atoms with Crippen LogP contribution < -0.4 is 0 Å². The van der Waals surface area contributed by atoms with Crippen molar-refractivity contribution in [2.45, 2.75) is 39.9 Å². The topological polar surface area (TPSA) is 21.1 Å². The van der Waals surface area contributed by atoms with Gasteiger partial charge >= 0.3 is 0 Å². The van der Waals surface area contributed by atoms with Gasteiger partial charge in [0.15, 0.2) is 0 Å². The second kappa shape index (κ2) is 3.14. The average Bonchev–Trinajstić information content (AvgIpc) is 2.47. The molecule has 0 saturated heterocycles. The van der Waals surface area contributed by atoms with Crippen molar-refractivity contribution in [3.05, 3.63) is 17.7 Å². The van der Waals surface area contributed by atoms with E-state index < -0.39 is 0 Å². The van der Waals surface area contributed by atoms with E-state index in [2.05, 4.69) is 35.2 Å².